The Bertz CT molecular complexity index is 654. The van der Waals surface area contributed by atoms with Crippen LogP contribution < -0.4 is 5.32 Å². The third-order valence-electron chi connectivity index (χ3n) is 2.81. The van der Waals surface area contributed by atoms with Crippen molar-refractivity contribution in [1.82, 2.24) is 19.1 Å². The molecule has 106 valence electrons. The first-order valence-electron chi connectivity index (χ1n) is 5.74. The molecule has 1 N–H and O–H groups in total. The van der Waals surface area contributed by atoms with E-state index in [4.69, 9.17) is 0 Å². The molecule has 7 nitrogen and oxygen atoms in total. The van der Waals surface area contributed by atoms with Crippen molar-refractivity contribution >= 4 is 36.8 Å². The molecular formula is C10H17N5O2S2. The number of sulfonamides is 1. The third kappa shape index (κ3) is 3.04. The zero-order chi connectivity index (χ0) is 14.2. The quantitative estimate of drug-likeness (QED) is 0.877. The van der Waals surface area contributed by atoms with Gasteiger partial charge in [0.25, 0.3) is 0 Å². The van der Waals surface area contributed by atoms with Crippen molar-refractivity contribution in [2.75, 3.05) is 31.7 Å². The molecule has 2 rings (SSSR count). The van der Waals surface area contributed by atoms with Gasteiger partial charge in [0.05, 0.1) is 16.6 Å². The summed E-state index contributed by atoms with van der Waals surface area (Å²) in [5, 5.41) is 8.20. The first-order chi connectivity index (χ1) is 8.79. The molecule has 9 heteroatoms. The lowest BCUT2D eigenvalue weighted by molar-refractivity contribution is 0.486. The van der Waals surface area contributed by atoms with Gasteiger partial charge in [-0.25, -0.2) is 22.4 Å². The van der Waals surface area contributed by atoms with E-state index in [1.54, 1.807) is 11.7 Å². The van der Waals surface area contributed by atoms with Gasteiger partial charge < -0.3 is 5.32 Å². The summed E-state index contributed by atoms with van der Waals surface area (Å²) < 4.78 is 26.6. The summed E-state index contributed by atoms with van der Waals surface area (Å²) >= 11 is 1.53. The SMILES string of the molecule is Cc1nn(C)c2nc(NCCN(C)S(C)(=O)=O)sc12. The molecule has 2 aromatic heterocycles. The van der Waals surface area contributed by atoms with Crippen LogP contribution in [0.3, 0.4) is 0 Å². The first kappa shape index (κ1) is 14.2. The van der Waals surface area contributed by atoms with Crippen LogP contribution in [0.2, 0.25) is 0 Å². The van der Waals surface area contributed by atoms with Crippen molar-refractivity contribution in [3.05, 3.63) is 5.69 Å². The van der Waals surface area contributed by atoms with Gasteiger partial charge >= 0.3 is 0 Å². The van der Waals surface area contributed by atoms with E-state index in [0.29, 0.717) is 13.1 Å². The van der Waals surface area contributed by atoms with Gasteiger partial charge in [-0.3, -0.25) is 0 Å². The number of nitrogens with one attached hydrogen (secondary N) is 1. The van der Waals surface area contributed by atoms with Crippen LogP contribution in [-0.2, 0) is 17.1 Å². The Hall–Kier alpha value is -1.19. The van der Waals surface area contributed by atoms with Crippen LogP contribution in [0, 0.1) is 6.92 Å². The highest BCUT2D eigenvalue weighted by atomic mass is 32.2. The lowest BCUT2D eigenvalue weighted by Crippen LogP contribution is -2.30. The van der Waals surface area contributed by atoms with E-state index in [1.807, 2.05) is 14.0 Å². The summed E-state index contributed by atoms with van der Waals surface area (Å²) in [5.74, 6) is 0. The van der Waals surface area contributed by atoms with Gasteiger partial charge in [0.15, 0.2) is 10.8 Å². The van der Waals surface area contributed by atoms with E-state index in [9.17, 15) is 8.42 Å². The van der Waals surface area contributed by atoms with Crippen molar-refractivity contribution in [2.45, 2.75) is 6.92 Å². The molecule has 0 aliphatic heterocycles. The zero-order valence-corrected chi connectivity index (χ0v) is 13.0. The first-order valence-corrected chi connectivity index (χ1v) is 8.41. The largest absolute Gasteiger partial charge is 0.360 e. The van der Waals surface area contributed by atoms with E-state index in [-0.39, 0.29) is 0 Å². The van der Waals surface area contributed by atoms with E-state index >= 15 is 0 Å². The van der Waals surface area contributed by atoms with E-state index < -0.39 is 10.0 Å². The highest BCUT2D eigenvalue weighted by Crippen LogP contribution is 2.27. The molecule has 0 aliphatic carbocycles. The predicted octanol–water partition coefficient (Wildman–Crippen LogP) is 0.642. The molecule has 0 unspecified atom stereocenters. The van der Waals surface area contributed by atoms with Gasteiger partial charge in [-0.2, -0.15) is 5.10 Å². The van der Waals surface area contributed by atoms with Crippen LogP contribution >= 0.6 is 11.3 Å². The molecule has 0 spiro atoms. The number of thiazole rings is 1. The molecule has 0 radical (unpaired) electrons. The summed E-state index contributed by atoms with van der Waals surface area (Å²) in [6.45, 7) is 2.88. The molecule has 0 amide bonds. The Morgan fingerprint density at radius 3 is 2.74 bits per heavy atom. The van der Waals surface area contributed by atoms with E-state index in [0.717, 1.165) is 21.2 Å². The van der Waals surface area contributed by atoms with Gasteiger partial charge in [-0.15, -0.1) is 0 Å². The third-order valence-corrected chi connectivity index (χ3v) is 5.24. The summed E-state index contributed by atoms with van der Waals surface area (Å²) in [5.41, 5.74) is 1.80. The minimum Gasteiger partial charge on any atom is -0.360 e. The predicted molar refractivity (Wildman–Crippen MR) is 77.1 cm³/mol. The fraction of sp³-hybridized carbons (Fsp3) is 0.600. The normalized spacial score (nSPS) is 12.5. The highest BCUT2D eigenvalue weighted by Gasteiger charge is 2.13. The number of aryl methyl sites for hydroxylation is 2. The number of rotatable bonds is 5. The second-order valence-corrected chi connectivity index (χ2v) is 7.48. The van der Waals surface area contributed by atoms with Crippen LogP contribution in [0.15, 0.2) is 0 Å². The lowest BCUT2D eigenvalue weighted by Gasteiger charge is -2.13. The highest BCUT2D eigenvalue weighted by molar-refractivity contribution is 7.88. The van der Waals surface area contributed by atoms with Gasteiger partial charge in [-0.1, -0.05) is 11.3 Å². The fourth-order valence-electron chi connectivity index (χ4n) is 1.65. The van der Waals surface area contributed by atoms with E-state index in [2.05, 4.69) is 15.4 Å². The van der Waals surface area contributed by atoms with Crippen LogP contribution in [-0.4, -0.2) is 53.9 Å². The molecule has 0 fully saturated rings. The number of nitrogens with zero attached hydrogens (tertiary/aromatic N) is 4. The average Bonchev–Trinajstić information content (AvgIpc) is 2.80. The van der Waals surface area contributed by atoms with Crippen LogP contribution in [0.5, 0.6) is 0 Å². The van der Waals surface area contributed by atoms with Crippen LogP contribution in [0.25, 0.3) is 10.3 Å². The van der Waals surface area contributed by atoms with Crippen LogP contribution in [0.1, 0.15) is 5.69 Å². The van der Waals surface area contributed by atoms with E-state index in [1.165, 1.54) is 21.9 Å². The topological polar surface area (TPSA) is 80.1 Å². The van der Waals surface area contributed by atoms with Gasteiger partial charge in [0.2, 0.25) is 10.0 Å². The minimum absolute atomic E-state index is 0.409. The number of hydrogen-bond donors (Lipinski definition) is 1. The maximum Gasteiger partial charge on any atom is 0.211 e. The zero-order valence-electron chi connectivity index (χ0n) is 11.3. The number of aromatic nitrogens is 3. The van der Waals surface area contributed by atoms with Crippen LogP contribution in [0.4, 0.5) is 5.13 Å². The van der Waals surface area contributed by atoms with Crippen molar-refractivity contribution in [1.29, 1.82) is 0 Å². The Morgan fingerprint density at radius 1 is 1.47 bits per heavy atom. The summed E-state index contributed by atoms with van der Waals surface area (Å²) in [7, 11) is 0.294. The Morgan fingerprint density at radius 2 is 2.16 bits per heavy atom. The Labute approximate surface area is 116 Å². The Balaban J connectivity index is 2.01. The van der Waals surface area contributed by atoms with Gasteiger partial charge in [-0.05, 0) is 6.92 Å². The van der Waals surface area contributed by atoms with Crippen molar-refractivity contribution in [3.8, 4) is 0 Å². The molecule has 0 bridgehead atoms. The molecule has 2 aromatic rings. The molecule has 0 saturated heterocycles. The maximum atomic E-state index is 11.2. The number of likely N-dealkylation sites (N-methyl/N-ethyl adjacent to an activating group) is 1. The standard InChI is InChI=1S/C10H17N5O2S2/c1-7-8-9(15(3)13-7)12-10(18-8)11-5-6-14(2)19(4,16)17/h5-6H2,1-4H3,(H,11,12). The molecule has 19 heavy (non-hydrogen) atoms. The maximum absolute atomic E-state index is 11.2. The number of fused-ring (bicyclic) bond motifs is 1. The van der Waals surface area contributed by atoms with Gasteiger partial charge in [0, 0.05) is 27.2 Å². The summed E-state index contributed by atoms with van der Waals surface area (Å²) in [6.07, 6.45) is 1.19. The lowest BCUT2D eigenvalue weighted by atomic mass is 10.5. The fourth-order valence-corrected chi connectivity index (χ4v) is 3.03. The van der Waals surface area contributed by atoms with Gasteiger partial charge in [0.1, 0.15) is 0 Å². The smallest absolute Gasteiger partial charge is 0.211 e. The molecule has 0 aliphatic rings. The van der Waals surface area contributed by atoms with Crippen molar-refractivity contribution in [2.24, 2.45) is 7.05 Å². The molecule has 0 saturated carbocycles. The second-order valence-electron chi connectivity index (χ2n) is 4.39. The molecule has 0 atom stereocenters. The average molecular weight is 303 g/mol. The number of hydrogen-bond acceptors (Lipinski definition) is 6. The number of anilines is 1. The van der Waals surface area contributed by atoms with Crippen molar-refractivity contribution in [3.63, 3.8) is 0 Å². The second kappa shape index (κ2) is 5.06. The summed E-state index contributed by atoms with van der Waals surface area (Å²) in [6, 6.07) is 0. The molecule has 2 heterocycles. The minimum atomic E-state index is -3.12. The Kier molecular flexibility index (Phi) is 3.79. The summed E-state index contributed by atoms with van der Waals surface area (Å²) in [4.78, 5) is 4.43. The monoisotopic (exact) mass is 303 g/mol. The molecule has 0 aromatic carbocycles. The molecular weight excluding hydrogens is 286 g/mol. The van der Waals surface area contributed by atoms with Crippen molar-refractivity contribution < 1.29 is 8.42 Å².